The largest absolute Gasteiger partial charge is 0.478 e. The summed E-state index contributed by atoms with van der Waals surface area (Å²) in [4.78, 5) is 29.1. The minimum Gasteiger partial charge on any atom is -0.478 e. The lowest BCUT2D eigenvalue weighted by atomic mass is 9.91. The fourth-order valence-electron chi connectivity index (χ4n) is 6.11. The second-order valence-corrected chi connectivity index (χ2v) is 12.4. The first-order valence-corrected chi connectivity index (χ1v) is 15.0. The molecular formula is C31H27ClFN5O3S. The highest BCUT2D eigenvalue weighted by atomic mass is 35.5. The number of carboxylic acid groups (broad SMARTS) is 1. The van der Waals surface area contributed by atoms with Crippen LogP contribution in [0.3, 0.4) is 0 Å². The molecule has 2 fully saturated rings. The third-order valence-corrected chi connectivity index (χ3v) is 9.45. The van der Waals surface area contributed by atoms with Gasteiger partial charge in [-0.2, -0.15) is 0 Å². The van der Waals surface area contributed by atoms with Crippen molar-refractivity contribution >= 4 is 39.9 Å². The van der Waals surface area contributed by atoms with Gasteiger partial charge in [0, 0.05) is 39.7 Å². The van der Waals surface area contributed by atoms with E-state index >= 15 is 0 Å². The zero-order valence-electron chi connectivity index (χ0n) is 22.5. The molecule has 42 heavy (non-hydrogen) atoms. The lowest BCUT2D eigenvalue weighted by Crippen LogP contribution is -2.37. The number of benzene rings is 2. The van der Waals surface area contributed by atoms with Crippen molar-refractivity contribution in [3.63, 3.8) is 0 Å². The molecule has 0 unspecified atom stereocenters. The number of aromatic carboxylic acids is 1. The Hall–Kier alpha value is -3.86. The molecule has 2 aromatic carbocycles. The van der Waals surface area contributed by atoms with Crippen molar-refractivity contribution < 1.29 is 19.0 Å². The predicted octanol–water partition coefficient (Wildman–Crippen LogP) is 6.17. The number of ether oxygens (including phenoxy) is 1. The minimum absolute atomic E-state index is 0.0283. The summed E-state index contributed by atoms with van der Waals surface area (Å²) < 4.78 is 22.2. The lowest BCUT2D eigenvalue weighted by molar-refractivity contribution is 0.0697. The van der Waals surface area contributed by atoms with E-state index in [0.29, 0.717) is 35.5 Å². The summed E-state index contributed by atoms with van der Waals surface area (Å²) in [7, 11) is 0. The average molecular weight is 604 g/mol. The lowest BCUT2D eigenvalue weighted by Gasteiger charge is -2.31. The number of nitrogens with zero attached hydrogens (tertiary/aromatic N) is 5. The van der Waals surface area contributed by atoms with Crippen LogP contribution in [0, 0.1) is 11.7 Å². The first-order chi connectivity index (χ1) is 20.4. The summed E-state index contributed by atoms with van der Waals surface area (Å²) in [6.07, 6.45) is 3.88. The van der Waals surface area contributed by atoms with Gasteiger partial charge in [0.05, 0.1) is 40.9 Å². The van der Waals surface area contributed by atoms with Crippen LogP contribution in [0.5, 0.6) is 5.88 Å². The molecule has 4 heterocycles. The van der Waals surface area contributed by atoms with E-state index < -0.39 is 11.8 Å². The molecule has 1 aliphatic carbocycles. The predicted molar refractivity (Wildman–Crippen MR) is 158 cm³/mol. The fourth-order valence-corrected chi connectivity index (χ4v) is 6.86. The van der Waals surface area contributed by atoms with E-state index in [1.54, 1.807) is 47.2 Å². The number of imidazole rings is 1. The van der Waals surface area contributed by atoms with Crippen LogP contribution in [0.2, 0.25) is 5.02 Å². The fraction of sp³-hybridized carbons (Fsp3) is 0.290. The Morgan fingerprint density at radius 1 is 1.17 bits per heavy atom. The Morgan fingerprint density at radius 3 is 2.86 bits per heavy atom. The zero-order valence-corrected chi connectivity index (χ0v) is 24.1. The number of halogens is 2. The molecule has 2 atom stereocenters. The van der Waals surface area contributed by atoms with Gasteiger partial charge in [0.15, 0.2) is 0 Å². The Labute approximate surface area is 250 Å². The maximum Gasteiger partial charge on any atom is 0.335 e. The highest BCUT2D eigenvalue weighted by Gasteiger charge is 2.58. The number of aromatic nitrogens is 4. The number of piperidine rings is 1. The van der Waals surface area contributed by atoms with Gasteiger partial charge in [0.2, 0.25) is 5.88 Å². The Balaban J connectivity index is 1.06. The first-order valence-electron chi connectivity index (χ1n) is 13.7. The van der Waals surface area contributed by atoms with E-state index in [1.807, 2.05) is 18.3 Å². The topological polar surface area (TPSA) is 93.4 Å². The SMILES string of the molecule is O=C(O)c1ccc2nc(CN3CC[C@@]4(c5cccc(OCc6ccc(Cl)cc6F)n5)C[C@H]4C3)n(Cc3cncs3)c2c1. The molecule has 8 nitrogen and oxygen atoms in total. The summed E-state index contributed by atoms with van der Waals surface area (Å²) in [6, 6.07) is 15.5. The van der Waals surface area contributed by atoms with Gasteiger partial charge in [-0.05, 0) is 61.7 Å². The van der Waals surface area contributed by atoms with Crippen molar-refractivity contribution in [1.82, 2.24) is 24.4 Å². The summed E-state index contributed by atoms with van der Waals surface area (Å²) in [6.45, 7) is 3.17. The smallest absolute Gasteiger partial charge is 0.335 e. The van der Waals surface area contributed by atoms with Crippen LogP contribution in [-0.4, -0.2) is 48.6 Å². The van der Waals surface area contributed by atoms with Crippen LogP contribution in [-0.2, 0) is 25.1 Å². The molecule has 1 saturated carbocycles. The summed E-state index contributed by atoms with van der Waals surface area (Å²) in [5.41, 5.74) is 5.14. The van der Waals surface area contributed by atoms with Crippen molar-refractivity contribution in [3.8, 4) is 5.88 Å². The number of hydrogen-bond acceptors (Lipinski definition) is 7. The third kappa shape index (κ3) is 5.14. The van der Waals surface area contributed by atoms with Gasteiger partial charge >= 0.3 is 5.97 Å². The molecular weight excluding hydrogens is 577 g/mol. The van der Waals surface area contributed by atoms with E-state index in [-0.39, 0.29) is 17.6 Å². The van der Waals surface area contributed by atoms with Gasteiger partial charge in [-0.1, -0.05) is 23.7 Å². The highest BCUT2D eigenvalue weighted by molar-refractivity contribution is 7.09. The van der Waals surface area contributed by atoms with Gasteiger partial charge in [0.1, 0.15) is 18.2 Å². The first kappa shape index (κ1) is 27.0. The van der Waals surface area contributed by atoms with E-state index in [2.05, 4.69) is 20.5 Å². The molecule has 7 rings (SSSR count). The minimum atomic E-state index is -0.953. The maximum absolute atomic E-state index is 14.2. The second-order valence-electron chi connectivity index (χ2n) is 11.0. The molecule has 0 bridgehead atoms. The Kier molecular flexibility index (Phi) is 6.92. The molecule has 2 aliphatic rings. The van der Waals surface area contributed by atoms with Crippen LogP contribution in [0.15, 0.2) is 66.3 Å². The molecule has 0 radical (unpaired) electrons. The Morgan fingerprint density at radius 2 is 2.07 bits per heavy atom. The van der Waals surface area contributed by atoms with Gasteiger partial charge in [0.25, 0.3) is 0 Å². The van der Waals surface area contributed by atoms with Crippen molar-refractivity contribution in [2.75, 3.05) is 13.1 Å². The molecule has 0 amide bonds. The molecule has 0 spiro atoms. The number of carbonyl (C=O) groups is 1. The average Bonchev–Trinajstić information content (AvgIpc) is 3.30. The standard InChI is InChI=1S/C31H27ClFN5O3S/c32-22-6-4-20(24(33)11-22)17-41-29-3-1-2-27(36-29)31-8-9-37(14-21(31)12-31)16-28-35-25-7-5-19(30(39)40)10-26(25)38(28)15-23-13-34-18-42-23/h1-7,10-11,13,18,21H,8-9,12,14-17H2,(H,39,40)/t21-,31+/m0/s1. The number of likely N-dealkylation sites (tertiary alicyclic amines) is 1. The van der Waals surface area contributed by atoms with Crippen LogP contribution in [0.4, 0.5) is 4.39 Å². The third-order valence-electron chi connectivity index (χ3n) is 8.45. The van der Waals surface area contributed by atoms with E-state index in [1.165, 1.54) is 6.07 Å². The number of carboxylic acids is 1. The number of hydrogen-bond donors (Lipinski definition) is 1. The van der Waals surface area contributed by atoms with E-state index in [0.717, 1.165) is 53.4 Å². The molecule has 11 heteroatoms. The summed E-state index contributed by atoms with van der Waals surface area (Å²) in [5, 5.41) is 9.91. The van der Waals surface area contributed by atoms with E-state index in [9.17, 15) is 14.3 Å². The van der Waals surface area contributed by atoms with Crippen molar-refractivity contribution in [3.05, 3.63) is 105 Å². The number of rotatable bonds is 9. The quantitative estimate of drug-likeness (QED) is 0.215. The van der Waals surface area contributed by atoms with Crippen LogP contribution in [0.25, 0.3) is 11.0 Å². The van der Waals surface area contributed by atoms with Crippen LogP contribution >= 0.6 is 22.9 Å². The van der Waals surface area contributed by atoms with Crippen molar-refractivity contribution in [2.45, 2.75) is 38.0 Å². The molecule has 214 valence electrons. The van der Waals surface area contributed by atoms with Gasteiger partial charge in [-0.15, -0.1) is 11.3 Å². The zero-order chi connectivity index (χ0) is 28.8. The van der Waals surface area contributed by atoms with Crippen molar-refractivity contribution in [1.29, 1.82) is 0 Å². The Bertz CT molecular complexity index is 1790. The van der Waals surface area contributed by atoms with Crippen LogP contribution in [0.1, 0.15) is 45.2 Å². The highest BCUT2D eigenvalue weighted by Crippen LogP contribution is 2.59. The second kappa shape index (κ2) is 10.8. The number of pyridine rings is 1. The van der Waals surface area contributed by atoms with Crippen molar-refractivity contribution in [2.24, 2.45) is 5.92 Å². The maximum atomic E-state index is 14.2. The molecule has 5 aromatic rings. The molecule has 1 aliphatic heterocycles. The monoisotopic (exact) mass is 603 g/mol. The molecule has 1 N–H and O–H groups in total. The van der Waals surface area contributed by atoms with Gasteiger partial charge in [-0.3, -0.25) is 9.88 Å². The number of thiazole rings is 1. The summed E-state index contributed by atoms with van der Waals surface area (Å²) in [5.74, 6) is 0.527. The number of fused-ring (bicyclic) bond motifs is 2. The van der Waals surface area contributed by atoms with Gasteiger partial charge < -0.3 is 14.4 Å². The van der Waals surface area contributed by atoms with Crippen LogP contribution < -0.4 is 4.74 Å². The van der Waals surface area contributed by atoms with Gasteiger partial charge in [-0.25, -0.2) is 19.2 Å². The molecule has 3 aromatic heterocycles. The van der Waals surface area contributed by atoms with E-state index in [4.69, 9.17) is 26.3 Å². The molecule has 1 saturated heterocycles. The normalized spacial score (nSPS) is 20.0. The summed E-state index contributed by atoms with van der Waals surface area (Å²) >= 11 is 7.44.